The average Bonchev–Trinajstić information content (AvgIpc) is 2.42. The second kappa shape index (κ2) is 3.31. The van der Waals surface area contributed by atoms with Crippen molar-refractivity contribution in [3.63, 3.8) is 0 Å². The van der Waals surface area contributed by atoms with Crippen LogP contribution in [0.5, 0.6) is 0 Å². The van der Waals surface area contributed by atoms with E-state index in [4.69, 9.17) is 9.47 Å². The van der Waals surface area contributed by atoms with E-state index in [9.17, 15) is 4.79 Å². The molecule has 1 N–H and O–H groups in total. The van der Waals surface area contributed by atoms with Gasteiger partial charge in [0.2, 0.25) is 0 Å². The fourth-order valence-electron chi connectivity index (χ4n) is 1.19. The Bertz CT molecular complexity index is 247. The maximum Gasteiger partial charge on any atom is 0.343 e. The molecule has 1 rings (SSSR count). The minimum atomic E-state index is -1.22. The van der Waals surface area contributed by atoms with E-state index in [1.54, 1.807) is 7.05 Å². The zero-order chi connectivity index (χ0) is 10.1. The fourth-order valence-corrected chi connectivity index (χ4v) is 1.19. The number of carbonyl (C=O) groups is 1. The molecular weight excluding hydrogens is 174 g/mol. The maximum absolute atomic E-state index is 11.4. The summed E-state index contributed by atoms with van der Waals surface area (Å²) in [5.41, 5.74) is 0. The normalized spacial score (nSPS) is 23.8. The van der Waals surface area contributed by atoms with E-state index < -0.39 is 6.03 Å². The number of amides is 1. The number of methoxy groups -OCH3 is 2. The van der Waals surface area contributed by atoms with Crippen LogP contribution >= 0.6 is 0 Å². The average molecular weight is 187 g/mol. The van der Waals surface area contributed by atoms with Crippen LogP contribution in [0.25, 0.3) is 0 Å². The molecule has 1 aliphatic heterocycles. The van der Waals surface area contributed by atoms with Crippen LogP contribution in [0.3, 0.4) is 0 Å². The molecular formula is C7H13N3O3. The smallest absolute Gasteiger partial charge is 0.318 e. The van der Waals surface area contributed by atoms with Crippen LogP contribution in [0, 0.1) is 0 Å². The van der Waals surface area contributed by atoms with Crippen molar-refractivity contribution in [2.75, 3.05) is 28.3 Å². The molecule has 0 atom stereocenters. The third kappa shape index (κ3) is 1.27. The lowest BCUT2D eigenvalue weighted by Gasteiger charge is -2.30. The van der Waals surface area contributed by atoms with Crippen LogP contribution in [-0.4, -0.2) is 51.0 Å². The highest BCUT2D eigenvalue weighted by atomic mass is 16.7. The third-order valence-corrected chi connectivity index (χ3v) is 2.00. The summed E-state index contributed by atoms with van der Waals surface area (Å²) in [7, 11) is 5.98. The first-order valence-corrected chi connectivity index (χ1v) is 3.74. The Hall–Kier alpha value is -1.14. The number of carbonyl (C=O) groups excluding carboxylic acids is 1. The molecule has 74 valence electrons. The molecule has 1 fully saturated rings. The van der Waals surface area contributed by atoms with E-state index in [1.807, 2.05) is 0 Å². The Morgan fingerprint density at radius 1 is 1.46 bits per heavy atom. The van der Waals surface area contributed by atoms with Gasteiger partial charge in [0.05, 0.1) is 0 Å². The number of aliphatic imine (C=N–C) groups is 1. The highest BCUT2D eigenvalue weighted by Gasteiger charge is 2.48. The number of hydrogen-bond acceptors (Lipinski definition) is 4. The van der Waals surface area contributed by atoms with Crippen molar-refractivity contribution >= 4 is 11.7 Å². The number of hydrogen-bond donors (Lipinski definition) is 1. The summed E-state index contributed by atoms with van der Waals surface area (Å²) in [5, 5.41) is 2.73. The Labute approximate surface area is 76.5 Å². The fraction of sp³-hybridized carbons (Fsp3) is 0.714. The van der Waals surface area contributed by atoms with Gasteiger partial charge >= 0.3 is 6.03 Å². The summed E-state index contributed by atoms with van der Waals surface area (Å²) in [6.07, 6.45) is 0. The van der Waals surface area contributed by atoms with Crippen LogP contribution < -0.4 is 5.32 Å². The Kier molecular flexibility index (Phi) is 2.53. The molecule has 0 saturated carbocycles. The summed E-state index contributed by atoms with van der Waals surface area (Å²) in [5.74, 6) is -0.0302. The third-order valence-electron chi connectivity index (χ3n) is 2.00. The van der Waals surface area contributed by atoms with E-state index in [0.717, 1.165) is 0 Å². The van der Waals surface area contributed by atoms with Crippen LogP contribution in [0.15, 0.2) is 4.99 Å². The lowest BCUT2D eigenvalue weighted by Crippen LogP contribution is -2.54. The second-order valence-corrected chi connectivity index (χ2v) is 2.55. The van der Waals surface area contributed by atoms with Gasteiger partial charge in [-0.3, -0.25) is 20.0 Å². The van der Waals surface area contributed by atoms with Crippen LogP contribution in [0.1, 0.15) is 0 Å². The number of amidine groups is 1. The first-order chi connectivity index (χ1) is 6.11. The molecule has 0 aromatic heterocycles. The molecule has 0 bridgehead atoms. The molecule has 0 unspecified atom stereocenters. The Morgan fingerprint density at radius 3 is 2.23 bits per heavy atom. The summed E-state index contributed by atoms with van der Waals surface area (Å²) in [6.45, 7) is 0. The first kappa shape index (κ1) is 9.94. The lowest BCUT2D eigenvalue weighted by molar-refractivity contribution is -0.280. The van der Waals surface area contributed by atoms with Crippen molar-refractivity contribution in [3.05, 3.63) is 0 Å². The summed E-state index contributed by atoms with van der Waals surface area (Å²) in [4.78, 5) is 16.5. The molecule has 0 spiro atoms. The number of rotatable bonds is 2. The molecule has 0 aliphatic carbocycles. The van der Waals surface area contributed by atoms with Crippen molar-refractivity contribution in [1.82, 2.24) is 10.2 Å². The number of likely N-dealkylation sites (N-methyl/N-ethyl adjacent to an activating group) is 1. The van der Waals surface area contributed by atoms with Gasteiger partial charge in [0, 0.05) is 28.3 Å². The van der Waals surface area contributed by atoms with E-state index in [2.05, 4.69) is 10.3 Å². The van der Waals surface area contributed by atoms with Gasteiger partial charge in [0.1, 0.15) is 0 Å². The molecule has 1 saturated heterocycles. The van der Waals surface area contributed by atoms with Gasteiger partial charge in [-0.05, 0) is 0 Å². The number of nitrogens with one attached hydrogen (secondary N) is 1. The lowest BCUT2D eigenvalue weighted by atomic mass is 10.5. The SMILES string of the molecule is CN=C1NC(OC)(OC)N(C)C1=O. The topological polar surface area (TPSA) is 63.2 Å². The van der Waals surface area contributed by atoms with Crippen molar-refractivity contribution < 1.29 is 14.3 Å². The van der Waals surface area contributed by atoms with Gasteiger partial charge in [-0.2, -0.15) is 0 Å². The van der Waals surface area contributed by atoms with Gasteiger partial charge in [-0.1, -0.05) is 0 Å². The number of nitrogens with zero attached hydrogens (tertiary/aromatic N) is 2. The summed E-state index contributed by atoms with van der Waals surface area (Å²) in [6, 6.07) is -1.22. The zero-order valence-electron chi connectivity index (χ0n) is 8.12. The van der Waals surface area contributed by atoms with E-state index in [-0.39, 0.29) is 11.7 Å². The van der Waals surface area contributed by atoms with E-state index in [0.29, 0.717) is 0 Å². The largest absolute Gasteiger partial charge is 0.343 e. The van der Waals surface area contributed by atoms with Gasteiger partial charge in [-0.15, -0.1) is 0 Å². The van der Waals surface area contributed by atoms with Crippen LogP contribution in [0.2, 0.25) is 0 Å². The van der Waals surface area contributed by atoms with Crippen molar-refractivity contribution in [2.45, 2.75) is 6.03 Å². The van der Waals surface area contributed by atoms with E-state index in [1.165, 1.54) is 26.2 Å². The van der Waals surface area contributed by atoms with E-state index >= 15 is 0 Å². The Balaban J connectivity index is 2.99. The molecule has 6 nitrogen and oxygen atoms in total. The summed E-state index contributed by atoms with van der Waals surface area (Å²) >= 11 is 0. The highest BCUT2D eigenvalue weighted by molar-refractivity contribution is 6.39. The quantitative estimate of drug-likeness (QED) is 0.562. The van der Waals surface area contributed by atoms with Crippen molar-refractivity contribution in [1.29, 1.82) is 0 Å². The molecule has 1 heterocycles. The number of ether oxygens (including phenoxy) is 2. The minimum absolute atomic E-state index is 0.228. The molecule has 0 aromatic carbocycles. The minimum Gasteiger partial charge on any atom is -0.318 e. The predicted molar refractivity (Wildman–Crippen MR) is 46.0 cm³/mol. The van der Waals surface area contributed by atoms with Gasteiger partial charge in [0.25, 0.3) is 5.91 Å². The van der Waals surface area contributed by atoms with Crippen LogP contribution in [0.4, 0.5) is 0 Å². The second-order valence-electron chi connectivity index (χ2n) is 2.55. The van der Waals surface area contributed by atoms with Gasteiger partial charge in [-0.25, -0.2) is 0 Å². The molecule has 6 heteroatoms. The summed E-state index contributed by atoms with van der Waals surface area (Å²) < 4.78 is 10.1. The molecule has 13 heavy (non-hydrogen) atoms. The highest BCUT2D eigenvalue weighted by Crippen LogP contribution is 2.18. The Morgan fingerprint density at radius 2 is 2.00 bits per heavy atom. The zero-order valence-corrected chi connectivity index (χ0v) is 8.12. The van der Waals surface area contributed by atoms with Crippen LogP contribution in [-0.2, 0) is 14.3 Å². The van der Waals surface area contributed by atoms with Gasteiger partial charge < -0.3 is 9.47 Å². The first-order valence-electron chi connectivity index (χ1n) is 3.74. The van der Waals surface area contributed by atoms with Crippen molar-refractivity contribution in [3.8, 4) is 0 Å². The molecule has 1 aliphatic rings. The van der Waals surface area contributed by atoms with Crippen molar-refractivity contribution in [2.24, 2.45) is 4.99 Å². The molecule has 0 radical (unpaired) electrons. The molecule has 0 aromatic rings. The maximum atomic E-state index is 11.4. The van der Waals surface area contributed by atoms with Gasteiger partial charge in [0.15, 0.2) is 5.84 Å². The molecule has 1 amide bonds. The standard InChI is InChI=1S/C7H13N3O3/c1-8-5-6(11)10(2)7(9-5,12-3)13-4/h1-4H3,(H,8,9). The predicted octanol–water partition coefficient (Wildman–Crippen LogP) is -1.02. The monoisotopic (exact) mass is 187 g/mol.